The highest BCUT2D eigenvalue weighted by atomic mass is 16.4. The topological polar surface area (TPSA) is 53.7 Å². The van der Waals surface area contributed by atoms with Crippen LogP contribution in [0.3, 0.4) is 0 Å². The molecule has 1 aliphatic carbocycles. The number of hydrogen-bond donors (Lipinski definition) is 1. The van der Waals surface area contributed by atoms with Crippen LogP contribution in [0.15, 0.2) is 99.9 Å². The molecule has 1 aliphatic rings. The predicted octanol–water partition coefficient (Wildman–Crippen LogP) is 6.67. The summed E-state index contributed by atoms with van der Waals surface area (Å²) < 4.78 is 5.84. The van der Waals surface area contributed by atoms with Crippen LogP contribution in [0.5, 0.6) is 0 Å². The van der Waals surface area contributed by atoms with Gasteiger partial charge in [0.15, 0.2) is 0 Å². The lowest BCUT2D eigenvalue weighted by molar-refractivity contribution is 0.359. The van der Waals surface area contributed by atoms with Crippen molar-refractivity contribution in [3.05, 3.63) is 112 Å². The highest BCUT2D eigenvalue weighted by Gasteiger charge is 2.23. The molecule has 1 aromatic heterocycles. The molecule has 1 atom stereocenters. The Balaban J connectivity index is 1.60. The van der Waals surface area contributed by atoms with E-state index in [1.807, 2.05) is 71.6 Å². The molecule has 4 heteroatoms. The van der Waals surface area contributed by atoms with Crippen LogP contribution in [0.4, 0.5) is 11.4 Å². The molecular weight excluding hydrogens is 398 g/mol. The van der Waals surface area contributed by atoms with Gasteiger partial charge in [0, 0.05) is 18.7 Å². The van der Waals surface area contributed by atoms with E-state index in [1.54, 1.807) is 6.08 Å². The van der Waals surface area contributed by atoms with Crippen molar-refractivity contribution < 1.29 is 9.52 Å². The zero-order valence-corrected chi connectivity index (χ0v) is 18.4. The van der Waals surface area contributed by atoms with Crippen LogP contribution < -0.4 is 10.5 Å². The Bertz CT molecular complexity index is 1150. The molecule has 0 fully saturated rings. The number of hydrogen-bond acceptors (Lipinski definition) is 4. The molecule has 1 heterocycles. The number of aliphatic hydroxyl groups excluding tert-OH is 1. The fraction of sp³-hybridized carbons (Fsp3) is 0.250. The zero-order chi connectivity index (χ0) is 22.3. The average molecular weight is 428 g/mol. The highest BCUT2D eigenvalue weighted by molar-refractivity contribution is 5.69. The minimum atomic E-state index is -0.346. The summed E-state index contributed by atoms with van der Waals surface area (Å²) in [5.74, 6) is 1.03. The maximum atomic E-state index is 13.0. The Kier molecular flexibility index (Phi) is 6.90. The van der Waals surface area contributed by atoms with Gasteiger partial charge in [0.2, 0.25) is 0 Å². The van der Waals surface area contributed by atoms with E-state index in [-0.39, 0.29) is 11.5 Å². The van der Waals surface area contributed by atoms with Crippen LogP contribution in [0, 0.1) is 5.92 Å². The largest absolute Gasteiger partial charge is 0.512 e. The van der Waals surface area contributed by atoms with E-state index < -0.39 is 0 Å². The Labute approximate surface area is 189 Å². The number of para-hydroxylation sites is 1. The van der Waals surface area contributed by atoms with E-state index in [4.69, 9.17) is 4.42 Å². The third-order valence-electron chi connectivity index (χ3n) is 5.87. The number of allylic oxidation sites excluding steroid dienone is 4. The van der Waals surface area contributed by atoms with Gasteiger partial charge in [-0.25, -0.2) is 4.79 Å². The van der Waals surface area contributed by atoms with E-state index in [0.717, 1.165) is 37.1 Å². The molecule has 4 nitrogen and oxygen atoms in total. The van der Waals surface area contributed by atoms with Gasteiger partial charge in [0.25, 0.3) is 0 Å². The number of rotatable bonds is 8. The molecule has 2 aromatic carbocycles. The lowest BCUT2D eigenvalue weighted by Gasteiger charge is -2.25. The first kappa shape index (κ1) is 21.7. The van der Waals surface area contributed by atoms with Crippen molar-refractivity contribution in [1.82, 2.24) is 0 Å². The molecule has 1 N–H and O–H groups in total. The predicted molar refractivity (Wildman–Crippen MR) is 130 cm³/mol. The molecule has 164 valence electrons. The summed E-state index contributed by atoms with van der Waals surface area (Å²) in [4.78, 5) is 15.0. The van der Waals surface area contributed by atoms with E-state index >= 15 is 0 Å². The van der Waals surface area contributed by atoms with E-state index in [1.165, 1.54) is 5.56 Å². The molecule has 0 saturated heterocycles. The van der Waals surface area contributed by atoms with Gasteiger partial charge in [-0.2, -0.15) is 0 Å². The van der Waals surface area contributed by atoms with E-state index in [0.29, 0.717) is 23.6 Å². The van der Waals surface area contributed by atoms with Gasteiger partial charge in [0.1, 0.15) is 11.4 Å². The van der Waals surface area contributed by atoms with Crippen LogP contribution >= 0.6 is 0 Å². The number of nitrogens with zero attached hydrogens (tertiary/aromatic N) is 1. The van der Waals surface area contributed by atoms with Gasteiger partial charge in [0.05, 0.1) is 5.76 Å². The molecule has 1 unspecified atom stereocenters. The van der Waals surface area contributed by atoms with Crippen molar-refractivity contribution in [3.63, 3.8) is 0 Å². The second-order valence-electron chi connectivity index (χ2n) is 8.16. The number of aliphatic hydroxyl groups is 1. The number of aryl methyl sites for hydroxylation is 1. The zero-order valence-electron chi connectivity index (χ0n) is 18.4. The number of benzene rings is 2. The number of anilines is 2. The molecule has 0 radical (unpaired) electrons. The highest BCUT2D eigenvalue weighted by Crippen LogP contribution is 2.35. The van der Waals surface area contributed by atoms with Crippen molar-refractivity contribution in [3.8, 4) is 0 Å². The first-order valence-electron chi connectivity index (χ1n) is 11.3. The second-order valence-corrected chi connectivity index (χ2v) is 8.16. The van der Waals surface area contributed by atoms with Gasteiger partial charge in [-0.3, -0.25) is 0 Å². The molecule has 0 bridgehead atoms. The van der Waals surface area contributed by atoms with Crippen LogP contribution in [0.2, 0.25) is 0 Å². The van der Waals surface area contributed by atoms with Gasteiger partial charge in [-0.05, 0) is 66.7 Å². The van der Waals surface area contributed by atoms with Crippen LogP contribution in [0.1, 0.15) is 37.5 Å². The van der Waals surface area contributed by atoms with Crippen LogP contribution in [0.25, 0.3) is 5.57 Å². The van der Waals surface area contributed by atoms with Crippen molar-refractivity contribution in [2.75, 3.05) is 11.4 Å². The fourth-order valence-electron chi connectivity index (χ4n) is 4.26. The Morgan fingerprint density at radius 2 is 1.69 bits per heavy atom. The van der Waals surface area contributed by atoms with Gasteiger partial charge < -0.3 is 14.4 Å². The van der Waals surface area contributed by atoms with E-state index in [2.05, 4.69) is 19.1 Å². The van der Waals surface area contributed by atoms with Crippen molar-refractivity contribution in [2.45, 2.75) is 32.6 Å². The molecule has 0 aliphatic heterocycles. The van der Waals surface area contributed by atoms with E-state index in [9.17, 15) is 9.90 Å². The Morgan fingerprint density at radius 3 is 2.38 bits per heavy atom. The molecule has 0 amide bonds. The first-order chi connectivity index (χ1) is 15.7. The van der Waals surface area contributed by atoms with Crippen LogP contribution in [-0.4, -0.2) is 11.7 Å². The third-order valence-corrected chi connectivity index (χ3v) is 5.87. The minimum Gasteiger partial charge on any atom is -0.512 e. The molecule has 3 aromatic rings. The summed E-state index contributed by atoms with van der Waals surface area (Å²) in [6.07, 6.45) is 6.81. The summed E-state index contributed by atoms with van der Waals surface area (Å²) >= 11 is 0. The summed E-state index contributed by atoms with van der Waals surface area (Å²) in [6.45, 7) is 2.82. The van der Waals surface area contributed by atoms with Gasteiger partial charge >= 0.3 is 5.63 Å². The maximum Gasteiger partial charge on any atom is 0.360 e. The first-order valence-corrected chi connectivity index (χ1v) is 11.3. The van der Waals surface area contributed by atoms with Gasteiger partial charge in [-0.15, -0.1) is 0 Å². The monoisotopic (exact) mass is 427 g/mol. The lowest BCUT2D eigenvalue weighted by Crippen LogP contribution is -2.24. The quantitative estimate of drug-likeness (QED) is 0.436. The molecule has 32 heavy (non-hydrogen) atoms. The average Bonchev–Trinajstić information content (AvgIpc) is 2.83. The van der Waals surface area contributed by atoms with Crippen molar-refractivity contribution in [2.24, 2.45) is 5.92 Å². The molecule has 4 rings (SSSR count). The van der Waals surface area contributed by atoms with Crippen LogP contribution in [-0.2, 0) is 6.42 Å². The SMILES string of the molecule is CCCN(c1ccccc1)c1ccc(C2=CC=C(O)CC2CCc2ccccc2)oc1=O. The smallest absolute Gasteiger partial charge is 0.360 e. The maximum absolute atomic E-state index is 13.0. The van der Waals surface area contributed by atoms with Crippen molar-refractivity contribution >= 4 is 16.9 Å². The summed E-state index contributed by atoms with van der Waals surface area (Å²) in [7, 11) is 0. The molecule has 0 saturated carbocycles. The normalized spacial score (nSPS) is 15.7. The summed E-state index contributed by atoms with van der Waals surface area (Å²) in [6, 6.07) is 24.0. The molecule has 0 spiro atoms. The summed E-state index contributed by atoms with van der Waals surface area (Å²) in [5, 5.41) is 10.1. The fourth-order valence-corrected chi connectivity index (χ4v) is 4.26. The standard InChI is InChI=1S/C28H29NO3/c1-2-19-29(23-11-7-4-8-12-23)26-17-18-27(32-28(26)31)25-16-15-24(30)20-22(25)14-13-21-9-5-3-6-10-21/h3-12,15-18,22,30H,2,13-14,19-20H2,1H3. The third kappa shape index (κ3) is 5.02. The van der Waals surface area contributed by atoms with Crippen molar-refractivity contribution in [1.29, 1.82) is 0 Å². The minimum absolute atomic E-state index is 0.0927. The second kappa shape index (κ2) is 10.2. The lowest BCUT2D eigenvalue weighted by atomic mass is 9.84. The van der Waals surface area contributed by atoms with Gasteiger partial charge in [-0.1, -0.05) is 61.5 Å². The molecular formula is C28H29NO3. The Morgan fingerprint density at radius 1 is 0.969 bits per heavy atom. The Hall–Kier alpha value is -3.53. The summed E-state index contributed by atoms with van der Waals surface area (Å²) in [5.41, 5.74) is 3.39.